The van der Waals surface area contributed by atoms with Crippen LogP contribution in [0.15, 0.2) is 0 Å². The average Bonchev–Trinajstić information content (AvgIpc) is 2.37. The third kappa shape index (κ3) is 8.93. The summed E-state index contributed by atoms with van der Waals surface area (Å²) in [6, 6.07) is 0. The van der Waals surface area contributed by atoms with Gasteiger partial charge >= 0.3 is 0 Å². The predicted octanol–water partition coefficient (Wildman–Crippen LogP) is 4.67. The van der Waals surface area contributed by atoms with E-state index in [0.29, 0.717) is 11.8 Å². The standard InChI is InChI=1S/C16H34O2/c1-5-7-9-11-15(13-17-3)16(14-18-4)12-10-8-6-2/h15-16H,5-14H2,1-4H3. The summed E-state index contributed by atoms with van der Waals surface area (Å²) in [5, 5.41) is 0. The third-order valence-electron chi connectivity index (χ3n) is 3.79. The molecule has 0 radical (unpaired) electrons. The molecule has 18 heavy (non-hydrogen) atoms. The van der Waals surface area contributed by atoms with E-state index in [2.05, 4.69) is 13.8 Å². The molecular formula is C16H34O2. The molecule has 0 aromatic carbocycles. The second-order valence-electron chi connectivity index (χ2n) is 5.42. The molecule has 0 bridgehead atoms. The second kappa shape index (κ2) is 13.4. The molecule has 0 aliphatic heterocycles. The van der Waals surface area contributed by atoms with Crippen molar-refractivity contribution in [3.63, 3.8) is 0 Å². The summed E-state index contributed by atoms with van der Waals surface area (Å²) in [6.45, 7) is 6.31. The first-order chi connectivity index (χ1) is 8.79. The van der Waals surface area contributed by atoms with E-state index in [1.54, 1.807) is 0 Å². The Morgan fingerprint density at radius 1 is 0.667 bits per heavy atom. The van der Waals surface area contributed by atoms with Gasteiger partial charge in [0.15, 0.2) is 0 Å². The van der Waals surface area contributed by atoms with Crippen molar-refractivity contribution in [2.75, 3.05) is 27.4 Å². The molecule has 0 aromatic heterocycles. The van der Waals surface area contributed by atoms with Crippen molar-refractivity contribution >= 4 is 0 Å². The van der Waals surface area contributed by atoms with E-state index in [9.17, 15) is 0 Å². The highest BCUT2D eigenvalue weighted by atomic mass is 16.5. The summed E-state index contributed by atoms with van der Waals surface area (Å²) in [7, 11) is 3.64. The number of rotatable bonds is 13. The molecule has 0 heterocycles. The fraction of sp³-hybridized carbons (Fsp3) is 1.00. The molecule has 110 valence electrons. The minimum atomic E-state index is 0.679. The van der Waals surface area contributed by atoms with Gasteiger partial charge in [0.1, 0.15) is 0 Å². The van der Waals surface area contributed by atoms with E-state index in [1.165, 1.54) is 51.4 Å². The maximum atomic E-state index is 5.41. The SMILES string of the molecule is CCCCCC(COC)C(CCCCC)COC. The number of hydrogen-bond donors (Lipinski definition) is 0. The van der Waals surface area contributed by atoms with Gasteiger partial charge in [-0.05, 0) is 24.7 Å². The van der Waals surface area contributed by atoms with Crippen LogP contribution in [0.5, 0.6) is 0 Å². The van der Waals surface area contributed by atoms with Crippen LogP contribution in [0.3, 0.4) is 0 Å². The molecule has 0 fully saturated rings. The Morgan fingerprint density at radius 2 is 1.06 bits per heavy atom. The molecule has 0 spiro atoms. The summed E-state index contributed by atoms with van der Waals surface area (Å²) in [6.07, 6.45) is 10.5. The van der Waals surface area contributed by atoms with Gasteiger partial charge in [-0.1, -0.05) is 52.4 Å². The van der Waals surface area contributed by atoms with Crippen molar-refractivity contribution in [3.05, 3.63) is 0 Å². The highest BCUT2D eigenvalue weighted by molar-refractivity contribution is 4.70. The van der Waals surface area contributed by atoms with Crippen LogP contribution in [0.2, 0.25) is 0 Å². The summed E-state index contributed by atoms with van der Waals surface area (Å²) in [4.78, 5) is 0. The van der Waals surface area contributed by atoms with E-state index in [-0.39, 0.29) is 0 Å². The van der Waals surface area contributed by atoms with Gasteiger partial charge in [-0.15, -0.1) is 0 Å². The summed E-state index contributed by atoms with van der Waals surface area (Å²) in [5.74, 6) is 1.36. The van der Waals surface area contributed by atoms with Gasteiger partial charge in [0.25, 0.3) is 0 Å². The van der Waals surface area contributed by atoms with Gasteiger partial charge < -0.3 is 9.47 Å². The zero-order valence-corrected chi connectivity index (χ0v) is 13.0. The van der Waals surface area contributed by atoms with Crippen LogP contribution in [0.25, 0.3) is 0 Å². The number of ether oxygens (including phenoxy) is 2. The Hall–Kier alpha value is -0.0800. The molecule has 2 atom stereocenters. The minimum Gasteiger partial charge on any atom is -0.384 e. The first kappa shape index (κ1) is 17.9. The van der Waals surface area contributed by atoms with Crippen molar-refractivity contribution in [3.8, 4) is 0 Å². The second-order valence-corrected chi connectivity index (χ2v) is 5.42. The van der Waals surface area contributed by atoms with E-state index >= 15 is 0 Å². The van der Waals surface area contributed by atoms with Gasteiger partial charge in [0, 0.05) is 27.4 Å². The molecule has 0 saturated carbocycles. The highest BCUT2D eigenvalue weighted by Gasteiger charge is 2.20. The molecule has 0 aromatic rings. The molecule has 2 unspecified atom stereocenters. The minimum absolute atomic E-state index is 0.679. The monoisotopic (exact) mass is 258 g/mol. The maximum Gasteiger partial charge on any atom is 0.0493 e. The quantitative estimate of drug-likeness (QED) is 0.447. The summed E-state index contributed by atoms with van der Waals surface area (Å²) in [5.41, 5.74) is 0. The van der Waals surface area contributed by atoms with Gasteiger partial charge in [-0.3, -0.25) is 0 Å². The molecule has 0 amide bonds. The van der Waals surface area contributed by atoms with Crippen molar-refractivity contribution in [1.29, 1.82) is 0 Å². The first-order valence-electron chi connectivity index (χ1n) is 7.77. The van der Waals surface area contributed by atoms with Crippen LogP contribution >= 0.6 is 0 Å². The fourth-order valence-electron chi connectivity index (χ4n) is 2.65. The topological polar surface area (TPSA) is 18.5 Å². The largest absolute Gasteiger partial charge is 0.384 e. The normalized spacial score (nSPS) is 14.7. The molecule has 0 N–H and O–H groups in total. The van der Waals surface area contributed by atoms with Gasteiger partial charge in [-0.25, -0.2) is 0 Å². The van der Waals surface area contributed by atoms with Crippen LogP contribution in [0, 0.1) is 11.8 Å². The van der Waals surface area contributed by atoms with Crippen molar-refractivity contribution in [1.82, 2.24) is 0 Å². The molecular weight excluding hydrogens is 224 g/mol. The lowest BCUT2D eigenvalue weighted by Crippen LogP contribution is -2.24. The molecule has 0 rings (SSSR count). The lowest BCUT2D eigenvalue weighted by Gasteiger charge is -2.26. The van der Waals surface area contributed by atoms with Crippen molar-refractivity contribution in [2.45, 2.75) is 65.2 Å². The van der Waals surface area contributed by atoms with Crippen molar-refractivity contribution < 1.29 is 9.47 Å². The maximum absolute atomic E-state index is 5.41. The number of hydrogen-bond acceptors (Lipinski definition) is 2. The highest BCUT2D eigenvalue weighted by Crippen LogP contribution is 2.25. The number of unbranched alkanes of at least 4 members (excludes halogenated alkanes) is 4. The van der Waals surface area contributed by atoms with Gasteiger partial charge in [0.05, 0.1) is 0 Å². The van der Waals surface area contributed by atoms with E-state index < -0.39 is 0 Å². The number of methoxy groups -OCH3 is 2. The Labute approximate surface area is 114 Å². The van der Waals surface area contributed by atoms with Gasteiger partial charge in [-0.2, -0.15) is 0 Å². The van der Waals surface area contributed by atoms with Crippen LogP contribution < -0.4 is 0 Å². The zero-order valence-electron chi connectivity index (χ0n) is 13.0. The molecule has 2 heteroatoms. The van der Waals surface area contributed by atoms with Gasteiger partial charge in [0.2, 0.25) is 0 Å². The average molecular weight is 258 g/mol. The zero-order chi connectivity index (χ0) is 13.6. The smallest absolute Gasteiger partial charge is 0.0493 e. The lowest BCUT2D eigenvalue weighted by atomic mass is 9.85. The van der Waals surface area contributed by atoms with E-state index in [4.69, 9.17) is 9.47 Å². The predicted molar refractivity (Wildman–Crippen MR) is 79.0 cm³/mol. The summed E-state index contributed by atoms with van der Waals surface area (Å²) < 4.78 is 10.8. The Morgan fingerprint density at radius 3 is 1.33 bits per heavy atom. The Balaban J connectivity index is 4.15. The lowest BCUT2D eigenvalue weighted by molar-refractivity contribution is 0.0594. The molecule has 0 aliphatic rings. The fourth-order valence-corrected chi connectivity index (χ4v) is 2.65. The van der Waals surface area contributed by atoms with E-state index in [1.807, 2.05) is 14.2 Å². The van der Waals surface area contributed by atoms with Crippen LogP contribution in [0.1, 0.15) is 65.2 Å². The Kier molecular flexibility index (Phi) is 13.3. The molecule has 2 nitrogen and oxygen atoms in total. The molecule has 0 aliphatic carbocycles. The van der Waals surface area contributed by atoms with Crippen molar-refractivity contribution in [2.24, 2.45) is 11.8 Å². The van der Waals surface area contributed by atoms with E-state index in [0.717, 1.165) is 13.2 Å². The summed E-state index contributed by atoms with van der Waals surface area (Å²) >= 11 is 0. The third-order valence-corrected chi connectivity index (χ3v) is 3.79. The molecule has 0 saturated heterocycles. The van der Waals surface area contributed by atoms with Crippen LogP contribution in [-0.2, 0) is 9.47 Å². The van der Waals surface area contributed by atoms with Crippen LogP contribution in [0.4, 0.5) is 0 Å². The first-order valence-corrected chi connectivity index (χ1v) is 7.77. The van der Waals surface area contributed by atoms with Crippen LogP contribution in [-0.4, -0.2) is 27.4 Å². The Bertz CT molecular complexity index is 141.